The Kier molecular flexibility index (Phi) is 14.4. The number of ether oxygens (including phenoxy) is 8. The molecule has 0 aromatic rings. The number of allylic oxidation sites excluding steroid dienone is 1. The van der Waals surface area contributed by atoms with Gasteiger partial charge in [0.05, 0.1) is 44.2 Å². The van der Waals surface area contributed by atoms with Crippen LogP contribution in [-0.4, -0.2) is 187 Å². The number of aliphatic hydroxyl groups is 10. The second-order valence-corrected chi connectivity index (χ2v) is 20.8. The van der Waals surface area contributed by atoms with Gasteiger partial charge in [0.1, 0.15) is 48.8 Å². The van der Waals surface area contributed by atoms with E-state index in [0.29, 0.717) is 18.4 Å². The average Bonchev–Trinajstić information content (AvgIpc) is 3.70. The summed E-state index contributed by atoms with van der Waals surface area (Å²) in [5.41, 5.74) is 0.937. The fourth-order valence-corrected chi connectivity index (χ4v) is 13.5. The molecule has 4 saturated heterocycles. The van der Waals surface area contributed by atoms with Gasteiger partial charge >= 0.3 is 5.97 Å². The van der Waals surface area contributed by atoms with Gasteiger partial charge in [-0.05, 0) is 74.5 Å². The summed E-state index contributed by atoms with van der Waals surface area (Å²) in [4.78, 5) is 12.3. The quantitative estimate of drug-likeness (QED) is 0.0853. The molecule has 4 aliphatic carbocycles. The highest BCUT2D eigenvalue weighted by Gasteiger charge is 2.69. The Balaban J connectivity index is 0.957. The molecule has 4 aliphatic heterocycles. The van der Waals surface area contributed by atoms with Gasteiger partial charge in [0.25, 0.3) is 0 Å². The predicted molar refractivity (Wildman–Crippen MR) is 222 cm³/mol. The Morgan fingerprint density at radius 3 is 2.29 bits per heavy atom. The summed E-state index contributed by atoms with van der Waals surface area (Å²) in [5.74, 6) is -1.71. The van der Waals surface area contributed by atoms with Crippen molar-refractivity contribution in [3.8, 4) is 0 Å². The smallest absolute Gasteiger partial charge is 0.303 e. The van der Waals surface area contributed by atoms with E-state index in [1.165, 1.54) is 13.8 Å². The second-order valence-electron chi connectivity index (χ2n) is 20.8. The zero-order chi connectivity index (χ0) is 47.1. The number of carbonyl (C=O) groups is 1. The molecule has 19 nitrogen and oxygen atoms in total. The molecule has 0 aromatic carbocycles. The minimum atomic E-state index is -1.70. The van der Waals surface area contributed by atoms with Crippen LogP contribution < -0.4 is 0 Å². The number of hydrogen-bond donors (Lipinski definition) is 10. The zero-order valence-electron chi connectivity index (χ0n) is 37.9. The monoisotopic (exact) mass is 928 g/mol. The molecule has 0 bridgehead atoms. The normalized spacial score (nSPS) is 53.0. The molecule has 0 amide bonds. The van der Waals surface area contributed by atoms with Crippen LogP contribution in [0.1, 0.15) is 86.0 Å². The third-order valence-corrected chi connectivity index (χ3v) is 17.1. The largest absolute Gasteiger partial charge is 0.457 e. The third-order valence-electron chi connectivity index (χ3n) is 17.1. The van der Waals surface area contributed by atoms with Gasteiger partial charge < -0.3 is 89.0 Å². The van der Waals surface area contributed by atoms with Gasteiger partial charge in [0, 0.05) is 31.1 Å². The first-order chi connectivity index (χ1) is 30.6. The van der Waals surface area contributed by atoms with Crippen LogP contribution in [0.2, 0.25) is 0 Å². The summed E-state index contributed by atoms with van der Waals surface area (Å²) < 4.78 is 48.3. The standard InChI is InChI=1S/C46H72O19/c1-19(17-58-41-37(55)36(54)34(52)30(16-47)62-41)9-12-46(57)20(2)32-29(65-46)15-27-25-8-7-23-13-24(49)14-31(45(23,6)26(25)10-11-44(27,32)5)63-43-40(39(61-22(4)48)28(50)18-59-43)64-42-38(56)35(53)33(51)21(3)60-42/h7,20-21,24-43,47,49-57H,1,8-18H2,2-6H3. The highest BCUT2D eigenvalue weighted by Crippen LogP contribution is 2.70. The van der Waals surface area contributed by atoms with E-state index in [4.69, 9.17) is 37.9 Å². The van der Waals surface area contributed by atoms with Crippen LogP contribution in [-0.2, 0) is 42.7 Å². The molecule has 0 radical (unpaired) electrons. The average molecular weight is 929 g/mol. The Bertz CT molecular complexity index is 1750. The van der Waals surface area contributed by atoms with Crippen LogP contribution in [0.4, 0.5) is 0 Å². The second kappa shape index (κ2) is 18.9. The van der Waals surface area contributed by atoms with E-state index in [2.05, 4.69) is 26.5 Å². The summed E-state index contributed by atoms with van der Waals surface area (Å²) in [6.07, 6.45) is -14.1. The predicted octanol–water partition coefficient (Wildman–Crippen LogP) is -0.731. The van der Waals surface area contributed by atoms with E-state index in [9.17, 15) is 55.9 Å². The molecule has 25 unspecified atom stereocenters. The first-order valence-corrected chi connectivity index (χ1v) is 23.5. The number of aliphatic hydroxyl groups excluding tert-OH is 9. The Hall–Kier alpha value is -1.73. The van der Waals surface area contributed by atoms with Crippen molar-refractivity contribution < 1.29 is 93.8 Å². The molecule has 0 spiro atoms. The van der Waals surface area contributed by atoms with Gasteiger partial charge in [-0.2, -0.15) is 0 Å². The van der Waals surface area contributed by atoms with Gasteiger partial charge in [0.15, 0.2) is 36.9 Å². The zero-order valence-corrected chi connectivity index (χ0v) is 37.9. The van der Waals surface area contributed by atoms with Crippen LogP contribution in [0.5, 0.6) is 0 Å². The first kappa shape index (κ1) is 49.7. The van der Waals surface area contributed by atoms with Crippen LogP contribution >= 0.6 is 0 Å². The molecular weight excluding hydrogens is 856 g/mol. The summed E-state index contributed by atoms with van der Waals surface area (Å²) in [6.45, 7) is 12.5. The number of fused-ring (bicyclic) bond motifs is 7. The van der Waals surface area contributed by atoms with Crippen molar-refractivity contribution in [2.75, 3.05) is 19.8 Å². The molecule has 19 heteroatoms. The lowest BCUT2D eigenvalue weighted by molar-refractivity contribution is -0.363. The van der Waals surface area contributed by atoms with E-state index in [1.54, 1.807) is 0 Å². The molecule has 8 rings (SSSR count). The lowest BCUT2D eigenvalue weighted by atomic mass is 9.46. The lowest BCUT2D eigenvalue weighted by Crippen LogP contribution is -2.64. The van der Waals surface area contributed by atoms with Crippen molar-refractivity contribution in [3.63, 3.8) is 0 Å². The Morgan fingerprint density at radius 1 is 0.877 bits per heavy atom. The number of carbonyl (C=O) groups excluding carboxylic acids is 1. The van der Waals surface area contributed by atoms with Crippen molar-refractivity contribution in [2.45, 2.75) is 196 Å². The van der Waals surface area contributed by atoms with E-state index < -0.39 is 122 Å². The van der Waals surface area contributed by atoms with Crippen LogP contribution in [0.3, 0.4) is 0 Å². The summed E-state index contributed by atoms with van der Waals surface area (Å²) in [6, 6.07) is 0. The van der Waals surface area contributed by atoms with E-state index in [-0.39, 0.29) is 67.2 Å². The molecule has 10 N–H and O–H groups in total. The van der Waals surface area contributed by atoms with Gasteiger partial charge in [-0.15, -0.1) is 0 Å². The number of hydrogen-bond acceptors (Lipinski definition) is 19. The maximum atomic E-state index is 12.3. The third kappa shape index (κ3) is 8.81. The van der Waals surface area contributed by atoms with Gasteiger partial charge in [-0.3, -0.25) is 4.79 Å². The maximum Gasteiger partial charge on any atom is 0.303 e. The fourth-order valence-electron chi connectivity index (χ4n) is 13.5. The molecule has 4 heterocycles. The van der Waals surface area contributed by atoms with E-state index in [1.807, 2.05) is 6.92 Å². The topological polar surface area (TPSA) is 293 Å². The molecular formula is C46H72O19. The van der Waals surface area contributed by atoms with Crippen molar-refractivity contribution >= 4 is 5.97 Å². The minimum absolute atomic E-state index is 0.0549. The van der Waals surface area contributed by atoms with Crippen molar-refractivity contribution in [3.05, 3.63) is 23.8 Å². The van der Waals surface area contributed by atoms with Crippen molar-refractivity contribution in [2.24, 2.45) is 40.4 Å². The molecule has 8 aliphatic rings. The Morgan fingerprint density at radius 2 is 1.58 bits per heavy atom. The molecule has 0 aromatic heterocycles. The lowest BCUT2D eigenvalue weighted by Gasteiger charge is -2.60. The van der Waals surface area contributed by atoms with Crippen LogP contribution in [0.25, 0.3) is 0 Å². The molecule has 7 fully saturated rings. The summed E-state index contributed by atoms with van der Waals surface area (Å²) >= 11 is 0. The Labute approximate surface area is 379 Å². The van der Waals surface area contributed by atoms with Gasteiger partial charge in [-0.1, -0.05) is 44.6 Å². The van der Waals surface area contributed by atoms with Gasteiger partial charge in [-0.25, -0.2) is 0 Å². The number of rotatable bonds is 12. The van der Waals surface area contributed by atoms with Crippen molar-refractivity contribution in [1.29, 1.82) is 0 Å². The highest BCUT2D eigenvalue weighted by atomic mass is 16.8. The molecule has 65 heavy (non-hydrogen) atoms. The molecule has 3 saturated carbocycles. The minimum Gasteiger partial charge on any atom is -0.457 e. The first-order valence-electron chi connectivity index (χ1n) is 23.5. The molecule has 25 atom stereocenters. The van der Waals surface area contributed by atoms with Crippen LogP contribution in [0.15, 0.2) is 23.8 Å². The van der Waals surface area contributed by atoms with Gasteiger partial charge in [0.2, 0.25) is 0 Å². The summed E-state index contributed by atoms with van der Waals surface area (Å²) in [7, 11) is 0. The number of esters is 1. The summed E-state index contributed by atoms with van der Waals surface area (Å²) in [5, 5.41) is 106. The maximum absolute atomic E-state index is 12.3. The van der Waals surface area contributed by atoms with E-state index in [0.717, 1.165) is 31.3 Å². The fraction of sp³-hybridized carbons (Fsp3) is 0.891. The van der Waals surface area contributed by atoms with Crippen molar-refractivity contribution in [1.82, 2.24) is 0 Å². The molecule has 370 valence electrons. The van der Waals surface area contributed by atoms with E-state index >= 15 is 0 Å². The highest BCUT2D eigenvalue weighted by molar-refractivity contribution is 5.66. The SMILES string of the molecule is C=C(CCC1(O)OC2CC3C4CC=C5CC(O)CC(OC6OCC(O)C(OC(C)=O)C6OC6OC(C)C(O)C(O)C6O)C5(C)C4CCC3(C)C2C1C)COC1OC(CO)C(O)C(O)C1O. The van der Waals surface area contributed by atoms with Crippen LogP contribution in [0, 0.1) is 40.4 Å².